The molecule has 21 heavy (non-hydrogen) atoms. The van der Waals surface area contributed by atoms with E-state index in [0.717, 1.165) is 5.56 Å². The molecule has 1 aromatic heterocycles. The molecule has 2 rings (SSSR count). The van der Waals surface area contributed by atoms with Crippen LogP contribution in [-0.2, 0) is 6.54 Å². The van der Waals surface area contributed by atoms with Crippen molar-refractivity contribution in [1.29, 1.82) is 0 Å². The normalized spacial score (nSPS) is 11.4. The van der Waals surface area contributed by atoms with E-state index in [1.807, 2.05) is 44.2 Å². The molecule has 0 aliphatic carbocycles. The Morgan fingerprint density at radius 3 is 2.67 bits per heavy atom. The number of aromatic hydroxyl groups is 1. The maximum absolute atomic E-state index is 11.9. The molecule has 0 saturated carbocycles. The van der Waals surface area contributed by atoms with Crippen molar-refractivity contribution in [2.75, 3.05) is 0 Å². The molecule has 0 spiro atoms. The van der Waals surface area contributed by atoms with E-state index in [9.17, 15) is 9.90 Å². The largest absolute Gasteiger partial charge is 0.494 e. The first-order valence-electron chi connectivity index (χ1n) is 6.62. The number of aromatic nitrogens is 2. The van der Waals surface area contributed by atoms with Crippen LogP contribution in [0.1, 0.15) is 31.0 Å². The fourth-order valence-corrected chi connectivity index (χ4v) is 2.36. The first-order chi connectivity index (χ1) is 10.0. The number of benzene rings is 1. The van der Waals surface area contributed by atoms with Crippen LogP contribution in [0.25, 0.3) is 0 Å². The predicted molar refractivity (Wildman–Crippen MR) is 85.7 cm³/mol. The van der Waals surface area contributed by atoms with E-state index in [1.165, 1.54) is 10.8 Å². The number of aliphatic imine (C=N–C) groups is 1. The first-order valence-corrected chi connectivity index (χ1v) is 7.03. The molecule has 0 fully saturated rings. The van der Waals surface area contributed by atoms with Gasteiger partial charge in [0.15, 0.2) is 4.77 Å². The smallest absolute Gasteiger partial charge is 0.264 e. The zero-order valence-electron chi connectivity index (χ0n) is 11.9. The molecule has 0 amide bonds. The Hall–Kier alpha value is -2.21. The van der Waals surface area contributed by atoms with E-state index in [-0.39, 0.29) is 22.3 Å². The molecule has 0 atom stereocenters. The van der Waals surface area contributed by atoms with Crippen LogP contribution < -0.4 is 5.56 Å². The summed E-state index contributed by atoms with van der Waals surface area (Å²) in [6.45, 7) is 4.19. The maximum Gasteiger partial charge on any atom is 0.264 e. The lowest BCUT2D eigenvalue weighted by Gasteiger charge is -2.14. The fourth-order valence-electron chi connectivity index (χ4n) is 1.97. The molecule has 5 nitrogen and oxygen atoms in total. The molecule has 0 aliphatic heterocycles. The van der Waals surface area contributed by atoms with Gasteiger partial charge >= 0.3 is 0 Å². The van der Waals surface area contributed by atoms with Gasteiger partial charge in [-0.1, -0.05) is 30.3 Å². The zero-order valence-corrected chi connectivity index (χ0v) is 12.7. The molecule has 1 aromatic carbocycles. The first kappa shape index (κ1) is 15.2. The highest BCUT2D eigenvalue weighted by Crippen LogP contribution is 2.17. The lowest BCUT2D eigenvalue weighted by atomic mass is 10.2. The predicted octanol–water partition coefficient (Wildman–Crippen LogP) is 2.81. The lowest BCUT2D eigenvalue weighted by molar-refractivity contribution is 0.385. The third kappa shape index (κ3) is 3.46. The molecule has 6 heteroatoms. The fraction of sp³-hybridized carbons (Fsp3) is 0.267. The van der Waals surface area contributed by atoms with E-state index in [1.54, 1.807) is 0 Å². The highest BCUT2D eigenvalue weighted by atomic mass is 32.1. The molecular formula is C15H17N3O2S. The second-order valence-corrected chi connectivity index (χ2v) is 5.30. The summed E-state index contributed by atoms with van der Waals surface area (Å²) in [7, 11) is 0. The van der Waals surface area contributed by atoms with Gasteiger partial charge in [-0.3, -0.25) is 19.3 Å². The van der Waals surface area contributed by atoms with Gasteiger partial charge in [-0.15, -0.1) is 0 Å². The quantitative estimate of drug-likeness (QED) is 0.674. The number of hydrogen-bond donors (Lipinski definition) is 2. The monoisotopic (exact) mass is 303 g/mol. The van der Waals surface area contributed by atoms with Gasteiger partial charge in [-0.2, -0.15) is 0 Å². The standard InChI is InChI=1S/C15H17N3O2S/c1-10(2)18-14(20)12(13(19)17-15(18)21)9-16-8-11-6-4-3-5-7-11/h3-7,9-10,20H,8H2,1-2H3,(H,17,19,21). The summed E-state index contributed by atoms with van der Waals surface area (Å²) in [6.07, 6.45) is 1.38. The molecule has 0 radical (unpaired) electrons. The number of aromatic amines is 1. The maximum atomic E-state index is 11.9. The van der Waals surface area contributed by atoms with Crippen molar-refractivity contribution in [2.24, 2.45) is 4.99 Å². The van der Waals surface area contributed by atoms with Crippen LogP contribution in [0, 0.1) is 4.77 Å². The molecule has 2 aromatic rings. The number of H-pyrrole nitrogens is 1. The van der Waals surface area contributed by atoms with Gasteiger partial charge in [0.25, 0.3) is 5.56 Å². The van der Waals surface area contributed by atoms with Crippen LogP contribution in [0.4, 0.5) is 0 Å². The highest BCUT2D eigenvalue weighted by molar-refractivity contribution is 7.71. The Labute approximate surface area is 127 Å². The number of rotatable bonds is 4. The second-order valence-electron chi connectivity index (χ2n) is 4.92. The van der Waals surface area contributed by atoms with E-state index >= 15 is 0 Å². The van der Waals surface area contributed by atoms with Crippen LogP contribution >= 0.6 is 12.2 Å². The van der Waals surface area contributed by atoms with Crippen molar-refractivity contribution in [1.82, 2.24) is 9.55 Å². The van der Waals surface area contributed by atoms with Gasteiger partial charge in [0.05, 0.1) is 6.54 Å². The Bertz CT molecular complexity index is 761. The van der Waals surface area contributed by atoms with E-state index in [4.69, 9.17) is 12.2 Å². The third-order valence-corrected chi connectivity index (χ3v) is 3.31. The molecule has 2 N–H and O–H groups in total. The third-order valence-electron chi connectivity index (χ3n) is 3.01. The molecular weight excluding hydrogens is 286 g/mol. The zero-order chi connectivity index (χ0) is 15.4. The lowest BCUT2D eigenvalue weighted by Crippen LogP contribution is -2.19. The van der Waals surface area contributed by atoms with Crippen molar-refractivity contribution in [3.8, 4) is 5.88 Å². The summed E-state index contributed by atoms with van der Waals surface area (Å²) in [6, 6.07) is 9.61. The minimum Gasteiger partial charge on any atom is -0.494 e. The average molecular weight is 303 g/mol. The van der Waals surface area contributed by atoms with Crippen molar-refractivity contribution in [3.05, 3.63) is 56.6 Å². The van der Waals surface area contributed by atoms with Crippen molar-refractivity contribution >= 4 is 18.4 Å². The second kappa shape index (κ2) is 6.49. The number of nitrogens with zero attached hydrogens (tertiary/aromatic N) is 2. The SMILES string of the molecule is CC(C)n1c(O)c(C=NCc2ccccc2)c(=O)[nH]c1=S. The van der Waals surface area contributed by atoms with Crippen LogP contribution in [-0.4, -0.2) is 20.9 Å². The minimum atomic E-state index is -0.439. The highest BCUT2D eigenvalue weighted by Gasteiger charge is 2.12. The van der Waals surface area contributed by atoms with Gasteiger partial charge in [0.1, 0.15) is 5.56 Å². The minimum absolute atomic E-state index is 0.0596. The van der Waals surface area contributed by atoms with Crippen LogP contribution in [0.3, 0.4) is 0 Å². The summed E-state index contributed by atoms with van der Waals surface area (Å²) in [4.78, 5) is 18.7. The summed E-state index contributed by atoms with van der Waals surface area (Å²) in [5, 5.41) is 10.2. The van der Waals surface area contributed by atoms with E-state index < -0.39 is 5.56 Å². The summed E-state index contributed by atoms with van der Waals surface area (Å²) >= 11 is 5.05. The Morgan fingerprint density at radius 2 is 2.05 bits per heavy atom. The van der Waals surface area contributed by atoms with Crippen molar-refractivity contribution < 1.29 is 5.11 Å². The topological polar surface area (TPSA) is 70.4 Å². The van der Waals surface area contributed by atoms with E-state index in [2.05, 4.69) is 9.98 Å². The van der Waals surface area contributed by atoms with Gasteiger partial charge in [0, 0.05) is 12.3 Å². The number of nitrogens with one attached hydrogen (secondary N) is 1. The molecule has 1 heterocycles. The summed E-state index contributed by atoms with van der Waals surface area (Å²) in [5.41, 5.74) is 0.709. The van der Waals surface area contributed by atoms with Crippen LogP contribution in [0.2, 0.25) is 0 Å². The van der Waals surface area contributed by atoms with Crippen LogP contribution in [0.15, 0.2) is 40.1 Å². The van der Waals surface area contributed by atoms with Gasteiger partial charge in [-0.05, 0) is 31.6 Å². The average Bonchev–Trinajstić information content (AvgIpc) is 2.42. The van der Waals surface area contributed by atoms with Crippen LogP contribution in [0.5, 0.6) is 5.88 Å². The van der Waals surface area contributed by atoms with Crippen molar-refractivity contribution in [3.63, 3.8) is 0 Å². The van der Waals surface area contributed by atoms with Crippen molar-refractivity contribution in [2.45, 2.75) is 26.4 Å². The summed E-state index contributed by atoms with van der Waals surface area (Å²) < 4.78 is 1.69. The Morgan fingerprint density at radius 1 is 1.38 bits per heavy atom. The van der Waals surface area contributed by atoms with Gasteiger partial charge in [0.2, 0.25) is 5.88 Å². The number of hydrogen-bond acceptors (Lipinski definition) is 4. The molecule has 0 saturated heterocycles. The molecule has 0 unspecified atom stereocenters. The Balaban J connectivity index is 2.34. The van der Waals surface area contributed by atoms with Gasteiger partial charge < -0.3 is 5.11 Å². The summed E-state index contributed by atoms with van der Waals surface area (Å²) in [5.74, 6) is -0.157. The van der Waals surface area contributed by atoms with Gasteiger partial charge in [-0.25, -0.2) is 0 Å². The van der Waals surface area contributed by atoms with E-state index in [0.29, 0.717) is 6.54 Å². The molecule has 110 valence electrons. The Kier molecular flexibility index (Phi) is 4.70. The molecule has 0 aliphatic rings. The molecule has 0 bridgehead atoms.